The number of fused-ring (bicyclic) bond motifs is 1. The molecule has 4 rings (SSSR count). The monoisotopic (exact) mass is 524 g/mol. The van der Waals surface area contributed by atoms with Crippen LogP contribution in [0.2, 0.25) is 10.0 Å². The number of thiocarbonyl (C=S) groups is 1. The molecule has 3 aromatic rings. The molecule has 1 amide bonds. The molecule has 1 N–H and O–H groups in total. The summed E-state index contributed by atoms with van der Waals surface area (Å²) in [4.78, 5) is 22.0. The lowest BCUT2D eigenvalue weighted by molar-refractivity contribution is -0.119. The van der Waals surface area contributed by atoms with Crippen LogP contribution in [0.25, 0.3) is 0 Å². The van der Waals surface area contributed by atoms with E-state index in [9.17, 15) is 4.79 Å². The van der Waals surface area contributed by atoms with Crippen molar-refractivity contribution in [2.45, 2.75) is 26.1 Å². The predicted octanol–water partition coefficient (Wildman–Crippen LogP) is 5.92. The molecule has 1 aliphatic rings. The Labute approximate surface area is 221 Å². The highest BCUT2D eigenvalue weighted by Gasteiger charge is 2.32. The van der Waals surface area contributed by atoms with Gasteiger partial charge in [-0.05, 0) is 48.5 Å². The highest BCUT2D eigenvalue weighted by atomic mass is 35.5. The Morgan fingerprint density at radius 2 is 1.77 bits per heavy atom. The molecule has 1 atom stereocenters. The number of benzodiazepines with no additional fused rings is 1. The number of halogens is 2. The van der Waals surface area contributed by atoms with Crippen LogP contribution < -0.4 is 10.2 Å². The van der Waals surface area contributed by atoms with Crippen molar-refractivity contribution in [1.82, 2.24) is 10.2 Å². The van der Waals surface area contributed by atoms with Crippen LogP contribution in [0.3, 0.4) is 0 Å². The summed E-state index contributed by atoms with van der Waals surface area (Å²) in [5.41, 5.74) is 3.86. The Morgan fingerprint density at radius 3 is 2.49 bits per heavy atom. The number of rotatable bonds is 6. The fourth-order valence-corrected chi connectivity index (χ4v) is 4.71. The zero-order chi connectivity index (χ0) is 24.9. The van der Waals surface area contributed by atoms with Crippen LogP contribution in [0.15, 0.2) is 77.8 Å². The van der Waals surface area contributed by atoms with Gasteiger partial charge in [-0.15, -0.1) is 0 Å². The van der Waals surface area contributed by atoms with Crippen molar-refractivity contribution in [3.8, 4) is 0 Å². The number of nitrogens with zero attached hydrogens (tertiary/aromatic N) is 3. The number of anilines is 1. The number of carbonyl (C=O) groups is 1. The molecular weight excluding hydrogens is 499 g/mol. The van der Waals surface area contributed by atoms with E-state index in [1.165, 1.54) is 0 Å². The molecule has 0 radical (unpaired) electrons. The second-order valence-corrected chi connectivity index (χ2v) is 9.51. The van der Waals surface area contributed by atoms with Gasteiger partial charge in [0.2, 0.25) is 6.17 Å². The van der Waals surface area contributed by atoms with Crippen LogP contribution in [0.4, 0.5) is 5.69 Å². The van der Waals surface area contributed by atoms with E-state index in [2.05, 4.69) is 29.3 Å². The molecule has 0 aliphatic carbocycles. The Bertz CT molecular complexity index is 1270. The zero-order valence-electron chi connectivity index (χ0n) is 19.5. The number of hydrogen-bond donors (Lipinski definition) is 1. The molecule has 1 heterocycles. The number of nitrogens with one attached hydrogen (secondary N) is 1. The minimum absolute atomic E-state index is 0.228. The first-order valence-corrected chi connectivity index (χ1v) is 12.5. The third kappa shape index (κ3) is 5.67. The predicted molar refractivity (Wildman–Crippen MR) is 149 cm³/mol. The summed E-state index contributed by atoms with van der Waals surface area (Å²) in [5, 5.41) is 4.76. The quantitative estimate of drug-likeness (QED) is 0.406. The number of likely N-dealkylation sites (N-methyl/N-ethyl adjacent to an activating group) is 1. The van der Waals surface area contributed by atoms with Crippen molar-refractivity contribution in [3.63, 3.8) is 0 Å². The molecule has 3 aromatic carbocycles. The molecule has 5 nitrogen and oxygen atoms in total. The van der Waals surface area contributed by atoms with Gasteiger partial charge in [0.05, 0.1) is 11.4 Å². The Kier molecular flexibility index (Phi) is 8.06. The van der Waals surface area contributed by atoms with E-state index in [1.807, 2.05) is 48.5 Å². The van der Waals surface area contributed by atoms with Crippen molar-refractivity contribution in [2.24, 2.45) is 4.99 Å². The van der Waals surface area contributed by atoms with Crippen molar-refractivity contribution in [2.75, 3.05) is 18.5 Å². The number of amides is 1. The summed E-state index contributed by atoms with van der Waals surface area (Å²) in [5.74, 6) is -0.228. The minimum Gasteiger partial charge on any atom is -0.345 e. The maximum Gasteiger partial charge on any atom is 0.272 e. The Hall–Kier alpha value is -2.93. The average Bonchev–Trinajstić information content (AvgIpc) is 2.95. The lowest BCUT2D eigenvalue weighted by atomic mass is 10.00. The smallest absolute Gasteiger partial charge is 0.272 e. The van der Waals surface area contributed by atoms with E-state index in [0.717, 1.165) is 24.1 Å². The van der Waals surface area contributed by atoms with Crippen LogP contribution in [-0.4, -0.2) is 41.4 Å². The van der Waals surface area contributed by atoms with Gasteiger partial charge in [-0.1, -0.05) is 78.7 Å². The van der Waals surface area contributed by atoms with Gasteiger partial charge in [-0.3, -0.25) is 4.79 Å². The zero-order valence-corrected chi connectivity index (χ0v) is 21.9. The van der Waals surface area contributed by atoms with E-state index >= 15 is 0 Å². The summed E-state index contributed by atoms with van der Waals surface area (Å²) in [7, 11) is 1.73. The normalized spacial score (nSPS) is 15.2. The van der Waals surface area contributed by atoms with Crippen LogP contribution in [0, 0.1) is 0 Å². The summed E-state index contributed by atoms with van der Waals surface area (Å²) < 4.78 is 0. The molecule has 1 unspecified atom stereocenters. The Balaban J connectivity index is 1.73. The second kappa shape index (κ2) is 11.2. The van der Waals surface area contributed by atoms with Crippen molar-refractivity contribution in [1.29, 1.82) is 0 Å². The average molecular weight is 526 g/mol. The molecule has 0 spiro atoms. The number of aliphatic imine (C=N–C) groups is 1. The largest absolute Gasteiger partial charge is 0.345 e. The summed E-state index contributed by atoms with van der Waals surface area (Å²) in [6, 6.07) is 22.9. The highest BCUT2D eigenvalue weighted by molar-refractivity contribution is 7.80. The Morgan fingerprint density at radius 1 is 1.06 bits per heavy atom. The maximum atomic E-state index is 13.5. The molecule has 180 valence electrons. The summed E-state index contributed by atoms with van der Waals surface area (Å²) in [6.45, 7) is 3.47. The maximum absolute atomic E-state index is 13.5. The molecule has 0 aromatic heterocycles. The van der Waals surface area contributed by atoms with E-state index < -0.39 is 6.17 Å². The van der Waals surface area contributed by atoms with Gasteiger partial charge in [-0.2, -0.15) is 0 Å². The van der Waals surface area contributed by atoms with Crippen molar-refractivity contribution in [3.05, 3.63) is 99.5 Å². The molecule has 0 bridgehead atoms. The lowest BCUT2D eigenvalue weighted by Gasteiger charge is -2.28. The van der Waals surface area contributed by atoms with Gasteiger partial charge in [0.15, 0.2) is 5.11 Å². The molecular formula is C27H26Cl2N4OS. The first kappa shape index (κ1) is 25.2. The van der Waals surface area contributed by atoms with Gasteiger partial charge in [-0.25, -0.2) is 4.99 Å². The fraction of sp³-hybridized carbons (Fsp3) is 0.222. The van der Waals surface area contributed by atoms with Crippen LogP contribution in [0.1, 0.15) is 30.0 Å². The van der Waals surface area contributed by atoms with Gasteiger partial charge in [0, 0.05) is 41.3 Å². The standard InChI is InChI=1S/C27H26Cl2N4OS/c1-3-15-33(17-18-9-5-4-6-10-18)27(35)31-25-26(34)32(2)23-14-13-19(28)16-21(23)24(30-25)20-11-7-8-12-22(20)29/h4-14,16,25H,3,15,17H2,1-2H3,(H,31,35). The van der Waals surface area contributed by atoms with Crippen molar-refractivity contribution < 1.29 is 4.79 Å². The molecule has 0 saturated carbocycles. The highest BCUT2D eigenvalue weighted by Crippen LogP contribution is 2.31. The van der Waals surface area contributed by atoms with E-state index in [0.29, 0.717) is 38.7 Å². The number of benzene rings is 3. The number of hydrogen-bond acceptors (Lipinski definition) is 3. The van der Waals surface area contributed by atoms with Gasteiger partial charge in [0.1, 0.15) is 0 Å². The van der Waals surface area contributed by atoms with Crippen LogP contribution in [-0.2, 0) is 11.3 Å². The third-order valence-electron chi connectivity index (χ3n) is 5.78. The van der Waals surface area contributed by atoms with Gasteiger partial charge in [0.25, 0.3) is 5.91 Å². The molecule has 35 heavy (non-hydrogen) atoms. The number of carbonyl (C=O) groups excluding carboxylic acids is 1. The van der Waals surface area contributed by atoms with Crippen LogP contribution >= 0.6 is 35.4 Å². The first-order valence-electron chi connectivity index (χ1n) is 11.4. The fourth-order valence-electron chi connectivity index (χ4n) is 4.04. The van der Waals surface area contributed by atoms with E-state index in [1.54, 1.807) is 24.1 Å². The summed E-state index contributed by atoms with van der Waals surface area (Å²) in [6.07, 6.45) is -0.0225. The second-order valence-electron chi connectivity index (χ2n) is 8.28. The lowest BCUT2D eigenvalue weighted by Crippen LogP contribution is -2.50. The topological polar surface area (TPSA) is 47.9 Å². The minimum atomic E-state index is -0.930. The van der Waals surface area contributed by atoms with Gasteiger partial charge < -0.3 is 15.1 Å². The SMILES string of the molecule is CCCN(Cc1ccccc1)C(=S)NC1N=C(c2ccccc2Cl)c2cc(Cl)ccc2N(C)C1=O. The molecule has 1 aliphatic heterocycles. The van der Waals surface area contributed by atoms with E-state index in [4.69, 9.17) is 40.4 Å². The van der Waals surface area contributed by atoms with E-state index in [-0.39, 0.29) is 5.91 Å². The third-order valence-corrected chi connectivity index (χ3v) is 6.72. The molecule has 8 heteroatoms. The first-order chi connectivity index (χ1) is 16.9. The van der Waals surface area contributed by atoms with Crippen LogP contribution in [0.5, 0.6) is 0 Å². The van der Waals surface area contributed by atoms with Gasteiger partial charge >= 0.3 is 0 Å². The molecule has 0 fully saturated rings. The summed E-state index contributed by atoms with van der Waals surface area (Å²) >= 11 is 18.7. The van der Waals surface area contributed by atoms with Crippen molar-refractivity contribution >= 4 is 57.8 Å². The molecule has 0 saturated heterocycles.